The van der Waals surface area contributed by atoms with Gasteiger partial charge in [-0.1, -0.05) is 31.5 Å². The average molecular weight is 273 g/mol. The van der Waals surface area contributed by atoms with Crippen molar-refractivity contribution < 1.29 is 10.0 Å². The van der Waals surface area contributed by atoms with Gasteiger partial charge in [0.05, 0.1) is 22.1 Å². The molecule has 1 rings (SSSR count). The number of halogens is 1. The topological polar surface area (TPSA) is 75.4 Å². The second-order valence-electron chi connectivity index (χ2n) is 4.41. The predicted octanol–water partition coefficient (Wildman–Crippen LogP) is 2.35. The Bertz CT molecular complexity index is 424. The zero-order chi connectivity index (χ0) is 13.7. The summed E-state index contributed by atoms with van der Waals surface area (Å²) in [5.41, 5.74) is 0.443. The number of aliphatic hydroxyl groups excluding tert-OH is 1. The van der Waals surface area contributed by atoms with Gasteiger partial charge < -0.3 is 10.4 Å². The van der Waals surface area contributed by atoms with Gasteiger partial charge in [-0.15, -0.1) is 0 Å². The standard InChI is InChI=1S/C12H17ClN2O3/c1-8(2)11(7-16)14-6-9-10(13)4-3-5-12(9)15(17)18/h3-5,8,11,14,16H,6-7H2,1-2H3. The molecule has 0 radical (unpaired) electrons. The molecule has 1 aromatic rings. The third kappa shape index (κ3) is 3.66. The smallest absolute Gasteiger partial charge is 0.275 e. The average Bonchev–Trinajstić information content (AvgIpc) is 2.30. The van der Waals surface area contributed by atoms with Gasteiger partial charge in [0.15, 0.2) is 0 Å². The fourth-order valence-corrected chi connectivity index (χ4v) is 1.87. The second-order valence-corrected chi connectivity index (χ2v) is 4.82. The molecule has 1 atom stereocenters. The van der Waals surface area contributed by atoms with Crippen molar-refractivity contribution in [2.75, 3.05) is 6.61 Å². The van der Waals surface area contributed by atoms with Crippen LogP contribution < -0.4 is 5.32 Å². The largest absolute Gasteiger partial charge is 0.395 e. The highest BCUT2D eigenvalue weighted by atomic mass is 35.5. The summed E-state index contributed by atoms with van der Waals surface area (Å²) in [7, 11) is 0. The monoisotopic (exact) mass is 272 g/mol. The number of nitrogens with zero attached hydrogens (tertiary/aromatic N) is 1. The number of hydrogen-bond donors (Lipinski definition) is 2. The molecule has 0 aliphatic rings. The normalized spacial score (nSPS) is 12.7. The Morgan fingerprint density at radius 2 is 2.17 bits per heavy atom. The molecule has 0 bridgehead atoms. The van der Waals surface area contributed by atoms with Gasteiger partial charge in [-0.3, -0.25) is 10.1 Å². The van der Waals surface area contributed by atoms with Gasteiger partial charge in [0.25, 0.3) is 5.69 Å². The highest BCUT2D eigenvalue weighted by Crippen LogP contribution is 2.26. The van der Waals surface area contributed by atoms with E-state index in [1.165, 1.54) is 6.07 Å². The molecule has 0 spiro atoms. The van der Waals surface area contributed by atoms with Crippen molar-refractivity contribution in [3.05, 3.63) is 38.9 Å². The van der Waals surface area contributed by atoms with E-state index >= 15 is 0 Å². The van der Waals surface area contributed by atoms with Gasteiger partial charge >= 0.3 is 0 Å². The highest BCUT2D eigenvalue weighted by Gasteiger charge is 2.18. The summed E-state index contributed by atoms with van der Waals surface area (Å²) in [5, 5.41) is 23.5. The zero-order valence-corrected chi connectivity index (χ0v) is 11.1. The first-order chi connectivity index (χ1) is 8.47. The van der Waals surface area contributed by atoms with Crippen LogP contribution in [0.25, 0.3) is 0 Å². The number of rotatable bonds is 6. The van der Waals surface area contributed by atoms with Crippen LogP contribution in [0.5, 0.6) is 0 Å². The van der Waals surface area contributed by atoms with E-state index < -0.39 is 4.92 Å². The lowest BCUT2D eigenvalue weighted by atomic mass is 10.0. The summed E-state index contributed by atoms with van der Waals surface area (Å²) in [4.78, 5) is 10.4. The van der Waals surface area contributed by atoms with Crippen molar-refractivity contribution >= 4 is 17.3 Å². The number of nitro benzene ring substituents is 1. The summed E-state index contributed by atoms with van der Waals surface area (Å²) >= 11 is 5.97. The van der Waals surface area contributed by atoms with E-state index in [2.05, 4.69) is 5.32 Å². The lowest BCUT2D eigenvalue weighted by Crippen LogP contribution is -2.36. The Hall–Kier alpha value is -1.17. The van der Waals surface area contributed by atoms with Crippen LogP contribution in [-0.2, 0) is 6.54 Å². The lowest BCUT2D eigenvalue weighted by molar-refractivity contribution is -0.385. The van der Waals surface area contributed by atoms with Gasteiger partial charge in [0.1, 0.15) is 0 Å². The molecule has 2 N–H and O–H groups in total. The minimum absolute atomic E-state index is 0.00422. The maximum absolute atomic E-state index is 10.9. The lowest BCUT2D eigenvalue weighted by Gasteiger charge is -2.20. The first-order valence-electron chi connectivity index (χ1n) is 5.73. The van der Waals surface area contributed by atoms with Gasteiger partial charge in [-0.2, -0.15) is 0 Å². The molecule has 0 fully saturated rings. The van der Waals surface area contributed by atoms with Crippen molar-refractivity contribution in [3.8, 4) is 0 Å². The van der Waals surface area contributed by atoms with Gasteiger partial charge in [-0.05, 0) is 12.0 Å². The van der Waals surface area contributed by atoms with E-state index in [0.717, 1.165) is 0 Å². The highest BCUT2D eigenvalue weighted by molar-refractivity contribution is 6.31. The fraction of sp³-hybridized carbons (Fsp3) is 0.500. The van der Waals surface area contributed by atoms with Gasteiger partial charge in [0, 0.05) is 18.7 Å². The molecule has 0 heterocycles. The number of nitro groups is 1. The fourth-order valence-electron chi connectivity index (χ4n) is 1.64. The molecule has 0 aliphatic heterocycles. The van der Waals surface area contributed by atoms with E-state index in [4.69, 9.17) is 11.6 Å². The third-order valence-corrected chi connectivity index (χ3v) is 3.19. The molecule has 0 saturated heterocycles. The second kappa shape index (κ2) is 6.68. The number of nitrogens with one attached hydrogen (secondary N) is 1. The van der Waals surface area contributed by atoms with Crippen LogP contribution in [0.15, 0.2) is 18.2 Å². The molecule has 0 aromatic heterocycles. The van der Waals surface area contributed by atoms with E-state index in [9.17, 15) is 15.2 Å². The van der Waals surface area contributed by atoms with Crippen LogP contribution in [0, 0.1) is 16.0 Å². The zero-order valence-electron chi connectivity index (χ0n) is 10.4. The van der Waals surface area contributed by atoms with E-state index in [-0.39, 0.29) is 30.8 Å². The summed E-state index contributed by atoms with van der Waals surface area (Å²) < 4.78 is 0. The van der Waals surface area contributed by atoms with Crippen LogP contribution in [-0.4, -0.2) is 22.7 Å². The predicted molar refractivity (Wildman–Crippen MR) is 70.7 cm³/mol. The van der Waals surface area contributed by atoms with Crippen molar-refractivity contribution in [3.63, 3.8) is 0 Å². The molecule has 6 heteroatoms. The molecule has 0 saturated carbocycles. The van der Waals surface area contributed by atoms with Gasteiger partial charge in [-0.25, -0.2) is 0 Å². The Morgan fingerprint density at radius 1 is 1.50 bits per heavy atom. The minimum Gasteiger partial charge on any atom is -0.395 e. The number of hydrogen-bond acceptors (Lipinski definition) is 4. The van der Waals surface area contributed by atoms with Crippen molar-refractivity contribution in [1.29, 1.82) is 0 Å². The molecule has 18 heavy (non-hydrogen) atoms. The third-order valence-electron chi connectivity index (χ3n) is 2.83. The molecule has 5 nitrogen and oxygen atoms in total. The quantitative estimate of drug-likeness (QED) is 0.616. The first-order valence-corrected chi connectivity index (χ1v) is 6.11. The van der Waals surface area contributed by atoms with E-state index in [1.807, 2.05) is 13.8 Å². The Balaban J connectivity index is 2.87. The molecule has 1 unspecified atom stereocenters. The van der Waals surface area contributed by atoms with Crippen LogP contribution in [0.2, 0.25) is 5.02 Å². The first kappa shape index (κ1) is 14.9. The van der Waals surface area contributed by atoms with Gasteiger partial charge in [0.2, 0.25) is 0 Å². The van der Waals surface area contributed by atoms with Crippen molar-refractivity contribution in [1.82, 2.24) is 5.32 Å². The number of benzene rings is 1. The maximum Gasteiger partial charge on any atom is 0.275 e. The summed E-state index contributed by atoms with van der Waals surface area (Å²) in [6, 6.07) is 4.48. The Morgan fingerprint density at radius 3 is 2.67 bits per heavy atom. The van der Waals surface area contributed by atoms with Crippen molar-refractivity contribution in [2.24, 2.45) is 5.92 Å². The Kier molecular flexibility index (Phi) is 5.53. The molecule has 1 aromatic carbocycles. The van der Waals surface area contributed by atoms with E-state index in [1.54, 1.807) is 12.1 Å². The molecular formula is C12H17ClN2O3. The maximum atomic E-state index is 10.9. The molecular weight excluding hydrogens is 256 g/mol. The van der Waals surface area contributed by atoms with Crippen LogP contribution in [0.1, 0.15) is 19.4 Å². The van der Waals surface area contributed by atoms with Crippen molar-refractivity contribution in [2.45, 2.75) is 26.4 Å². The van der Waals surface area contributed by atoms with Crippen LogP contribution >= 0.6 is 11.6 Å². The minimum atomic E-state index is -0.452. The number of aliphatic hydroxyl groups is 1. The van der Waals surface area contributed by atoms with Crippen LogP contribution in [0.4, 0.5) is 5.69 Å². The molecule has 100 valence electrons. The summed E-state index contributed by atoms with van der Waals surface area (Å²) in [6.45, 7) is 4.18. The molecule has 0 amide bonds. The molecule has 0 aliphatic carbocycles. The summed E-state index contributed by atoms with van der Waals surface area (Å²) in [6.07, 6.45) is 0. The summed E-state index contributed by atoms with van der Waals surface area (Å²) in [5.74, 6) is 0.233. The van der Waals surface area contributed by atoms with E-state index in [0.29, 0.717) is 10.6 Å². The Labute approximate surface area is 111 Å². The van der Waals surface area contributed by atoms with Crippen LogP contribution in [0.3, 0.4) is 0 Å². The SMILES string of the molecule is CC(C)C(CO)NCc1c(Cl)cccc1[N+](=O)[O-].